The van der Waals surface area contributed by atoms with Gasteiger partial charge in [0.2, 0.25) is 0 Å². The summed E-state index contributed by atoms with van der Waals surface area (Å²) in [7, 11) is 3.99. The Morgan fingerprint density at radius 3 is 2.72 bits per heavy atom. The van der Waals surface area contributed by atoms with Crippen LogP contribution in [0.5, 0.6) is 0 Å². The van der Waals surface area contributed by atoms with Crippen LogP contribution in [0, 0.1) is 0 Å². The molecule has 0 saturated carbocycles. The van der Waals surface area contributed by atoms with E-state index in [1.807, 2.05) is 27.9 Å². The number of carbonyl (C=O) groups excluding carboxylic acids is 1. The van der Waals surface area contributed by atoms with Crippen LogP contribution in [0.2, 0.25) is 0 Å². The first-order valence-electron chi connectivity index (χ1n) is 5.86. The van der Waals surface area contributed by atoms with Crippen LogP contribution >= 0.6 is 11.5 Å². The Bertz CT molecular complexity index is 402. The molecule has 7 heteroatoms. The first-order chi connectivity index (χ1) is 8.41. The summed E-state index contributed by atoms with van der Waals surface area (Å²) in [6.45, 7) is 5.44. The Balaban J connectivity index is 2.72. The van der Waals surface area contributed by atoms with Crippen LogP contribution in [0.3, 0.4) is 0 Å². The number of nitrogens with zero attached hydrogens (tertiary/aromatic N) is 2. The molecule has 1 heterocycles. The lowest BCUT2D eigenvalue weighted by Gasteiger charge is -2.12. The quantitative estimate of drug-likeness (QED) is 0.714. The predicted molar refractivity (Wildman–Crippen MR) is 76.2 cm³/mol. The van der Waals surface area contributed by atoms with Gasteiger partial charge in [0.25, 0.3) is 5.91 Å². The number of carbonyl (C=O) groups is 1. The monoisotopic (exact) mass is 271 g/mol. The van der Waals surface area contributed by atoms with Gasteiger partial charge < -0.3 is 21.3 Å². The number of nitrogens with one attached hydrogen (secondary N) is 2. The van der Waals surface area contributed by atoms with Gasteiger partial charge in [-0.05, 0) is 39.5 Å². The second kappa shape index (κ2) is 6.55. The number of amides is 1. The Morgan fingerprint density at radius 2 is 2.17 bits per heavy atom. The van der Waals surface area contributed by atoms with Gasteiger partial charge >= 0.3 is 0 Å². The van der Waals surface area contributed by atoms with Crippen LogP contribution in [0.25, 0.3) is 0 Å². The maximum Gasteiger partial charge on any atom is 0.258 e. The van der Waals surface area contributed by atoms with Gasteiger partial charge in [0.1, 0.15) is 10.6 Å². The summed E-state index contributed by atoms with van der Waals surface area (Å²) in [6.07, 6.45) is 0. The lowest BCUT2D eigenvalue weighted by atomic mass is 10.2. The largest absolute Gasteiger partial charge is 0.382 e. The molecule has 0 radical (unpaired) electrons. The van der Waals surface area contributed by atoms with Crippen molar-refractivity contribution in [2.45, 2.75) is 19.9 Å². The fraction of sp³-hybridized carbons (Fsp3) is 0.636. The van der Waals surface area contributed by atoms with Gasteiger partial charge in [-0.15, -0.1) is 0 Å². The molecule has 1 rings (SSSR count). The predicted octanol–water partition coefficient (Wildman–Crippen LogP) is 0.837. The van der Waals surface area contributed by atoms with E-state index in [2.05, 4.69) is 19.9 Å². The molecule has 0 fully saturated rings. The van der Waals surface area contributed by atoms with E-state index in [0.717, 1.165) is 18.1 Å². The normalized spacial score (nSPS) is 11.0. The molecule has 0 aromatic carbocycles. The van der Waals surface area contributed by atoms with Gasteiger partial charge in [0, 0.05) is 19.1 Å². The molecule has 1 aromatic heterocycles. The molecule has 1 aromatic rings. The van der Waals surface area contributed by atoms with Gasteiger partial charge in [-0.25, -0.2) is 0 Å². The molecule has 0 saturated heterocycles. The smallest absolute Gasteiger partial charge is 0.258 e. The molecule has 0 unspecified atom stereocenters. The third-order valence-corrected chi connectivity index (χ3v) is 3.03. The summed E-state index contributed by atoms with van der Waals surface area (Å²) in [6, 6.07) is 0.0754. The summed E-state index contributed by atoms with van der Waals surface area (Å²) < 4.78 is 4.03. The molecular weight excluding hydrogens is 250 g/mol. The van der Waals surface area contributed by atoms with E-state index in [0.29, 0.717) is 5.56 Å². The van der Waals surface area contributed by atoms with Gasteiger partial charge in [-0.1, -0.05) is 0 Å². The third-order valence-electron chi connectivity index (χ3n) is 2.21. The van der Waals surface area contributed by atoms with Gasteiger partial charge in [-0.2, -0.15) is 4.37 Å². The number of aromatic nitrogens is 1. The highest BCUT2D eigenvalue weighted by molar-refractivity contribution is 7.11. The standard InChI is InChI=1S/C11H21N5OS/c1-7(2)14-10(17)8-9(12)15-18-11(8)13-5-6-16(3)4/h7,13H,5-6H2,1-4H3,(H2,12,15)(H,14,17). The molecule has 0 atom stereocenters. The maximum absolute atomic E-state index is 12.0. The Morgan fingerprint density at radius 1 is 1.50 bits per heavy atom. The van der Waals surface area contributed by atoms with Crippen molar-refractivity contribution in [1.82, 2.24) is 14.6 Å². The van der Waals surface area contributed by atoms with E-state index in [1.165, 1.54) is 11.5 Å². The highest BCUT2D eigenvalue weighted by Gasteiger charge is 2.19. The molecular formula is C11H21N5OS. The van der Waals surface area contributed by atoms with Crippen molar-refractivity contribution in [3.05, 3.63) is 5.56 Å². The maximum atomic E-state index is 12.0. The third kappa shape index (κ3) is 4.15. The lowest BCUT2D eigenvalue weighted by Crippen LogP contribution is -2.31. The molecule has 102 valence electrons. The summed E-state index contributed by atoms with van der Waals surface area (Å²) in [5, 5.41) is 6.75. The van der Waals surface area contributed by atoms with Crippen LogP contribution in [-0.2, 0) is 0 Å². The molecule has 1 amide bonds. The molecule has 0 aliphatic rings. The first kappa shape index (κ1) is 14.7. The van der Waals surface area contributed by atoms with Crippen LogP contribution < -0.4 is 16.4 Å². The van der Waals surface area contributed by atoms with Gasteiger partial charge in [0.15, 0.2) is 5.82 Å². The first-order valence-corrected chi connectivity index (χ1v) is 6.63. The average Bonchev–Trinajstić information content (AvgIpc) is 2.58. The van der Waals surface area contributed by atoms with Crippen LogP contribution in [0.15, 0.2) is 0 Å². The minimum absolute atomic E-state index is 0.0754. The van der Waals surface area contributed by atoms with Crippen molar-refractivity contribution >= 4 is 28.3 Å². The van der Waals surface area contributed by atoms with Crippen molar-refractivity contribution in [3.63, 3.8) is 0 Å². The topological polar surface area (TPSA) is 83.3 Å². The van der Waals surface area contributed by atoms with E-state index in [9.17, 15) is 4.79 Å². The number of rotatable bonds is 6. The SMILES string of the molecule is CC(C)NC(=O)c1c(N)nsc1NCCN(C)C. The Kier molecular flexibility index (Phi) is 5.36. The van der Waals surface area contributed by atoms with E-state index in [1.54, 1.807) is 0 Å². The zero-order valence-electron chi connectivity index (χ0n) is 11.3. The number of nitrogens with two attached hydrogens (primary N) is 1. The molecule has 0 spiro atoms. The Hall–Kier alpha value is -1.34. The number of anilines is 2. The summed E-state index contributed by atoms with van der Waals surface area (Å²) >= 11 is 1.22. The molecule has 18 heavy (non-hydrogen) atoms. The average molecular weight is 271 g/mol. The number of likely N-dealkylation sites (N-methyl/N-ethyl adjacent to an activating group) is 1. The van der Waals surface area contributed by atoms with Crippen molar-refractivity contribution in [1.29, 1.82) is 0 Å². The number of nitrogen functional groups attached to an aromatic ring is 1. The Labute approximate surface area is 112 Å². The van der Waals surface area contributed by atoms with Gasteiger partial charge in [0.05, 0.1) is 0 Å². The molecule has 6 nitrogen and oxygen atoms in total. The molecule has 4 N–H and O–H groups in total. The van der Waals surface area contributed by atoms with E-state index in [-0.39, 0.29) is 17.8 Å². The summed E-state index contributed by atoms with van der Waals surface area (Å²) in [5.74, 6) is 0.106. The van der Waals surface area contributed by atoms with Crippen molar-refractivity contribution < 1.29 is 4.79 Å². The van der Waals surface area contributed by atoms with Crippen LogP contribution in [-0.4, -0.2) is 48.4 Å². The minimum Gasteiger partial charge on any atom is -0.382 e. The summed E-state index contributed by atoms with van der Waals surface area (Å²) in [4.78, 5) is 14.0. The zero-order chi connectivity index (χ0) is 13.7. The van der Waals surface area contributed by atoms with Crippen LogP contribution in [0.1, 0.15) is 24.2 Å². The fourth-order valence-corrected chi connectivity index (χ4v) is 2.11. The fourth-order valence-electron chi connectivity index (χ4n) is 1.37. The van der Waals surface area contributed by atoms with Crippen LogP contribution in [0.4, 0.5) is 10.8 Å². The van der Waals surface area contributed by atoms with E-state index in [4.69, 9.17) is 5.73 Å². The molecule has 0 aliphatic carbocycles. The second-order valence-corrected chi connectivity index (χ2v) is 5.40. The molecule has 0 bridgehead atoms. The molecule has 0 aliphatic heterocycles. The van der Waals surface area contributed by atoms with Crippen molar-refractivity contribution in [2.24, 2.45) is 0 Å². The van der Waals surface area contributed by atoms with Crippen molar-refractivity contribution in [2.75, 3.05) is 38.2 Å². The van der Waals surface area contributed by atoms with Gasteiger partial charge in [-0.3, -0.25) is 4.79 Å². The zero-order valence-corrected chi connectivity index (χ0v) is 12.1. The van der Waals surface area contributed by atoms with E-state index >= 15 is 0 Å². The summed E-state index contributed by atoms with van der Waals surface area (Å²) in [5.41, 5.74) is 6.19. The van der Waals surface area contributed by atoms with E-state index < -0.39 is 0 Å². The second-order valence-electron chi connectivity index (χ2n) is 4.63. The number of hydrogen-bond donors (Lipinski definition) is 3. The lowest BCUT2D eigenvalue weighted by molar-refractivity contribution is 0.0945. The minimum atomic E-state index is -0.177. The van der Waals surface area contributed by atoms with Crippen molar-refractivity contribution in [3.8, 4) is 0 Å². The number of hydrogen-bond acceptors (Lipinski definition) is 6. The highest BCUT2D eigenvalue weighted by atomic mass is 32.1. The highest BCUT2D eigenvalue weighted by Crippen LogP contribution is 2.26.